The van der Waals surface area contributed by atoms with Crippen molar-refractivity contribution in [2.24, 2.45) is 12.8 Å². The van der Waals surface area contributed by atoms with E-state index in [-0.39, 0.29) is 10.6 Å². The number of aromatic nitrogens is 1. The average molecular weight is 205 g/mol. The lowest BCUT2D eigenvalue weighted by molar-refractivity contribution is -0.383. The quantitative estimate of drug-likeness (QED) is 0.597. The van der Waals surface area contributed by atoms with E-state index in [1.807, 2.05) is 12.1 Å². The lowest BCUT2D eigenvalue weighted by Gasteiger charge is -1.98. The van der Waals surface area contributed by atoms with Crippen molar-refractivity contribution in [1.29, 1.82) is 0 Å². The maximum absolute atomic E-state index is 10.8. The van der Waals surface area contributed by atoms with Gasteiger partial charge in [-0.3, -0.25) is 10.1 Å². The predicted molar refractivity (Wildman–Crippen MR) is 57.5 cm³/mol. The number of hydrogen-bond donors (Lipinski definition) is 1. The molecular weight excluding hydrogens is 194 g/mol. The Hall–Kier alpha value is -1.88. The minimum Gasteiger partial charge on any atom is -0.344 e. The molecular formula is C10H11N3O2. The Morgan fingerprint density at radius 1 is 1.53 bits per heavy atom. The van der Waals surface area contributed by atoms with E-state index >= 15 is 0 Å². The molecule has 0 aliphatic rings. The summed E-state index contributed by atoms with van der Waals surface area (Å²) in [6, 6.07) is 5.44. The van der Waals surface area contributed by atoms with Crippen LogP contribution in [-0.2, 0) is 13.6 Å². The molecule has 0 atom stereocenters. The molecule has 0 saturated carbocycles. The molecule has 78 valence electrons. The molecule has 0 radical (unpaired) electrons. The predicted octanol–water partition coefficient (Wildman–Crippen LogP) is 1.55. The van der Waals surface area contributed by atoms with Gasteiger partial charge in [-0.2, -0.15) is 0 Å². The van der Waals surface area contributed by atoms with Crippen molar-refractivity contribution in [1.82, 2.24) is 4.57 Å². The van der Waals surface area contributed by atoms with Gasteiger partial charge in [0.25, 0.3) is 5.69 Å². The molecule has 0 bridgehead atoms. The molecule has 2 aromatic rings. The largest absolute Gasteiger partial charge is 0.344 e. The van der Waals surface area contributed by atoms with E-state index in [1.165, 1.54) is 6.20 Å². The highest BCUT2D eigenvalue weighted by Crippen LogP contribution is 2.27. The number of aryl methyl sites for hydroxylation is 1. The molecule has 0 aliphatic carbocycles. The van der Waals surface area contributed by atoms with Crippen LogP contribution in [0.4, 0.5) is 5.69 Å². The smallest absolute Gasteiger partial charge is 0.294 e. The van der Waals surface area contributed by atoms with Gasteiger partial charge in [0.05, 0.1) is 22.0 Å². The summed E-state index contributed by atoms with van der Waals surface area (Å²) in [5.41, 5.74) is 7.46. The molecule has 2 rings (SSSR count). The Bertz CT molecular complexity index is 531. The lowest BCUT2D eigenvalue weighted by atomic mass is 10.1. The van der Waals surface area contributed by atoms with E-state index in [0.29, 0.717) is 11.9 Å². The Morgan fingerprint density at radius 3 is 2.87 bits per heavy atom. The fourth-order valence-corrected chi connectivity index (χ4v) is 1.68. The van der Waals surface area contributed by atoms with Crippen molar-refractivity contribution >= 4 is 16.6 Å². The molecule has 1 heterocycles. The zero-order valence-corrected chi connectivity index (χ0v) is 8.30. The van der Waals surface area contributed by atoms with Crippen LogP contribution in [0.15, 0.2) is 24.4 Å². The standard InChI is InChI=1S/C10H11N3O2/c1-12-6-10(13(14)15)8-3-2-7(5-11)4-9(8)12/h2-4,6H,5,11H2,1H3. The topological polar surface area (TPSA) is 74.1 Å². The van der Waals surface area contributed by atoms with E-state index in [1.54, 1.807) is 17.7 Å². The summed E-state index contributed by atoms with van der Waals surface area (Å²) in [6.45, 7) is 0.439. The first-order chi connectivity index (χ1) is 7.13. The maximum Gasteiger partial charge on any atom is 0.294 e. The van der Waals surface area contributed by atoms with Crippen molar-refractivity contribution in [2.75, 3.05) is 0 Å². The van der Waals surface area contributed by atoms with Crippen molar-refractivity contribution in [3.8, 4) is 0 Å². The number of benzene rings is 1. The third-order valence-corrected chi connectivity index (χ3v) is 2.47. The van der Waals surface area contributed by atoms with Gasteiger partial charge in [-0.05, 0) is 17.7 Å². The second kappa shape index (κ2) is 3.36. The van der Waals surface area contributed by atoms with Crippen LogP contribution in [0.3, 0.4) is 0 Å². The van der Waals surface area contributed by atoms with Crippen LogP contribution < -0.4 is 5.73 Å². The SMILES string of the molecule is Cn1cc([N+](=O)[O-])c2ccc(CN)cc21. The van der Waals surface area contributed by atoms with E-state index in [2.05, 4.69) is 0 Å². The summed E-state index contributed by atoms with van der Waals surface area (Å²) in [7, 11) is 1.79. The van der Waals surface area contributed by atoms with Gasteiger partial charge in [0.2, 0.25) is 0 Å². The Balaban J connectivity index is 2.75. The fraction of sp³-hybridized carbons (Fsp3) is 0.200. The van der Waals surface area contributed by atoms with E-state index in [0.717, 1.165) is 11.1 Å². The number of nitrogens with zero attached hydrogens (tertiary/aromatic N) is 2. The maximum atomic E-state index is 10.8. The summed E-state index contributed by atoms with van der Waals surface area (Å²) in [5, 5.41) is 11.4. The Kier molecular flexibility index (Phi) is 2.17. The summed E-state index contributed by atoms with van der Waals surface area (Å²) < 4.78 is 1.74. The summed E-state index contributed by atoms with van der Waals surface area (Å²) >= 11 is 0. The van der Waals surface area contributed by atoms with Gasteiger partial charge in [-0.1, -0.05) is 6.07 Å². The van der Waals surface area contributed by atoms with Gasteiger partial charge in [0.1, 0.15) is 0 Å². The molecule has 0 spiro atoms. The van der Waals surface area contributed by atoms with Crippen LogP contribution in [0.2, 0.25) is 0 Å². The molecule has 5 heteroatoms. The average Bonchev–Trinajstić information content (AvgIpc) is 2.56. The molecule has 1 aromatic heterocycles. The Labute approximate surface area is 86.3 Å². The molecule has 15 heavy (non-hydrogen) atoms. The third kappa shape index (κ3) is 1.46. The molecule has 2 N–H and O–H groups in total. The van der Waals surface area contributed by atoms with Gasteiger partial charge in [-0.15, -0.1) is 0 Å². The van der Waals surface area contributed by atoms with Gasteiger partial charge in [0.15, 0.2) is 0 Å². The minimum atomic E-state index is -0.371. The van der Waals surface area contributed by atoms with Crippen molar-refractivity contribution in [3.05, 3.63) is 40.1 Å². The fourth-order valence-electron chi connectivity index (χ4n) is 1.68. The van der Waals surface area contributed by atoms with Gasteiger partial charge >= 0.3 is 0 Å². The van der Waals surface area contributed by atoms with Crippen LogP contribution in [0.25, 0.3) is 10.9 Å². The first-order valence-corrected chi connectivity index (χ1v) is 4.56. The van der Waals surface area contributed by atoms with Crippen molar-refractivity contribution < 1.29 is 4.92 Å². The molecule has 0 amide bonds. The number of nitrogens with two attached hydrogens (primary N) is 1. The third-order valence-electron chi connectivity index (χ3n) is 2.47. The van der Waals surface area contributed by atoms with E-state index in [9.17, 15) is 10.1 Å². The summed E-state index contributed by atoms with van der Waals surface area (Å²) in [5.74, 6) is 0. The van der Waals surface area contributed by atoms with Gasteiger partial charge in [-0.25, -0.2) is 0 Å². The van der Waals surface area contributed by atoms with Crippen molar-refractivity contribution in [2.45, 2.75) is 6.54 Å². The lowest BCUT2D eigenvalue weighted by Crippen LogP contribution is -1.96. The van der Waals surface area contributed by atoms with Crippen LogP contribution in [0.5, 0.6) is 0 Å². The molecule has 1 aromatic carbocycles. The molecule has 5 nitrogen and oxygen atoms in total. The van der Waals surface area contributed by atoms with Gasteiger partial charge < -0.3 is 10.3 Å². The summed E-state index contributed by atoms with van der Waals surface area (Å²) in [6.07, 6.45) is 1.52. The highest BCUT2D eigenvalue weighted by molar-refractivity contribution is 5.90. The van der Waals surface area contributed by atoms with E-state index < -0.39 is 0 Å². The molecule has 0 aliphatic heterocycles. The van der Waals surface area contributed by atoms with Crippen LogP contribution in [0.1, 0.15) is 5.56 Å². The normalized spacial score (nSPS) is 10.8. The number of rotatable bonds is 2. The highest BCUT2D eigenvalue weighted by atomic mass is 16.6. The first-order valence-electron chi connectivity index (χ1n) is 4.56. The highest BCUT2D eigenvalue weighted by Gasteiger charge is 2.15. The van der Waals surface area contributed by atoms with Crippen LogP contribution in [0, 0.1) is 10.1 Å². The zero-order valence-electron chi connectivity index (χ0n) is 8.30. The number of nitro groups is 1. The van der Waals surface area contributed by atoms with E-state index in [4.69, 9.17) is 5.73 Å². The van der Waals surface area contributed by atoms with Crippen LogP contribution in [-0.4, -0.2) is 9.49 Å². The molecule has 0 unspecified atom stereocenters. The molecule has 0 saturated heterocycles. The Morgan fingerprint density at radius 2 is 2.27 bits per heavy atom. The molecule has 0 fully saturated rings. The second-order valence-corrected chi connectivity index (χ2v) is 3.44. The monoisotopic (exact) mass is 205 g/mol. The number of hydrogen-bond acceptors (Lipinski definition) is 3. The number of fused-ring (bicyclic) bond motifs is 1. The zero-order chi connectivity index (χ0) is 11.0. The minimum absolute atomic E-state index is 0.135. The first kappa shape index (κ1) is 9.67. The van der Waals surface area contributed by atoms with Crippen LogP contribution >= 0.6 is 0 Å². The summed E-state index contributed by atoms with van der Waals surface area (Å²) in [4.78, 5) is 10.4. The van der Waals surface area contributed by atoms with Crippen molar-refractivity contribution in [3.63, 3.8) is 0 Å². The van der Waals surface area contributed by atoms with Gasteiger partial charge in [0, 0.05) is 13.6 Å². The second-order valence-electron chi connectivity index (χ2n) is 3.44.